The van der Waals surface area contributed by atoms with Gasteiger partial charge in [0.1, 0.15) is 0 Å². The summed E-state index contributed by atoms with van der Waals surface area (Å²) in [7, 11) is 0. The molecule has 0 aliphatic carbocycles. The highest BCUT2D eigenvalue weighted by Gasteiger charge is 2.06. The molecular formula is C10H9NO4. The van der Waals surface area contributed by atoms with Gasteiger partial charge in [-0.25, -0.2) is 4.79 Å². The van der Waals surface area contributed by atoms with E-state index < -0.39 is 11.7 Å². The highest BCUT2D eigenvalue weighted by Crippen LogP contribution is 2.30. The van der Waals surface area contributed by atoms with Gasteiger partial charge in [-0.3, -0.25) is 0 Å². The predicted molar refractivity (Wildman–Crippen MR) is 54.3 cm³/mol. The lowest BCUT2D eigenvalue weighted by Gasteiger charge is -2.03. The molecule has 0 saturated carbocycles. The van der Waals surface area contributed by atoms with Crippen molar-refractivity contribution in [2.45, 2.75) is 0 Å². The first-order chi connectivity index (χ1) is 7.04. The maximum absolute atomic E-state index is 10.2. The molecule has 1 aromatic carbocycles. The predicted octanol–water partition coefficient (Wildman–Crippen LogP) is 1.19. The highest BCUT2D eigenvalue weighted by molar-refractivity contribution is 5.87. The summed E-state index contributed by atoms with van der Waals surface area (Å²) in [6.45, 7) is 0. The van der Waals surface area contributed by atoms with E-state index in [9.17, 15) is 15.0 Å². The zero-order valence-corrected chi connectivity index (χ0v) is 7.64. The number of carbonyl (C=O) groups is 1. The molecule has 0 bridgehead atoms. The fraction of sp³-hybridized carbons (Fsp3) is 0. The van der Waals surface area contributed by atoms with Crippen molar-refractivity contribution in [1.82, 2.24) is 0 Å². The van der Waals surface area contributed by atoms with Gasteiger partial charge in [0.15, 0.2) is 11.5 Å². The lowest BCUT2D eigenvalue weighted by molar-refractivity contribution is -0.131. The maximum atomic E-state index is 10.2. The number of benzene rings is 1. The van der Waals surface area contributed by atoms with Gasteiger partial charge in [-0.2, -0.15) is 0 Å². The van der Waals surface area contributed by atoms with Crippen LogP contribution >= 0.6 is 0 Å². The molecule has 0 amide bonds. The van der Waals surface area contributed by atoms with Gasteiger partial charge in [-0.05, 0) is 23.8 Å². The van der Waals surface area contributed by atoms with Crippen LogP contribution in [-0.2, 0) is 4.79 Å². The first-order valence-electron chi connectivity index (χ1n) is 4.02. The van der Waals surface area contributed by atoms with Crippen molar-refractivity contribution in [3.63, 3.8) is 0 Å². The summed E-state index contributed by atoms with van der Waals surface area (Å²) >= 11 is 0. The van der Waals surface area contributed by atoms with Crippen LogP contribution in [0.2, 0.25) is 0 Å². The SMILES string of the molecule is N=Cc1cc(O)c(O)c(/C=C/C(=O)O)c1. The van der Waals surface area contributed by atoms with E-state index in [0.717, 1.165) is 18.4 Å². The van der Waals surface area contributed by atoms with Crippen molar-refractivity contribution in [2.75, 3.05) is 0 Å². The molecule has 78 valence electrons. The van der Waals surface area contributed by atoms with Gasteiger partial charge in [0.2, 0.25) is 0 Å². The van der Waals surface area contributed by atoms with Gasteiger partial charge >= 0.3 is 5.97 Å². The van der Waals surface area contributed by atoms with Crippen LogP contribution in [0.25, 0.3) is 6.08 Å². The summed E-state index contributed by atoms with van der Waals surface area (Å²) in [6.07, 6.45) is 2.96. The molecule has 0 fully saturated rings. The van der Waals surface area contributed by atoms with Crippen molar-refractivity contribution in [2.24, 2.45) is 0 Å². The molecule has 15 heavy (non-hydrogen) atoms. The monoisotopic (exact) mass is 207 g/mol. The molecule has 1 rings (SSSR count). The Hall–Kier alpha value is -2.30. The summed E-state index contributed by atoms with van der Waals surface area (Å²) in [5.41, 5.74) is 0.520. The van der Waals surface area contributed by atoms with Crippen LogP contribution in [0, 0.1) is 5.41 Å². The van der Waals surface area contributed by atoms with Gasteiger partial charge in [-0.1, -0.05) is 0 Å². The van der Waals surface area contributed by atoms with E-state index in [0.29, 0.717) is 5.56 Å². The second kappa shape index (κ2) is 4.28. The standard InChI is InChI=1S/C10H9NO4/c11-5-6-3-7(1-2-9(13)14)10(15)8(12)4-6/h1-5,11-12,15H,(H,13,14)/b2-1+,11-5?. The van der Waals surface area contributed by atoms with E-state index in [-0.39, 0.29) is 11.3 Å². The zero-order valence-electron chi connectivity index (χ0n) is 7.64. The van der Waals surface area contributed by atoms with E-state index in [4.69, 9.17) is 10.5 Å². The van der Waals surface area contributed by atoms with E-state index >= 15 is 0 Å². The molecule has 5 nitrogen and oxygen atoms in total. The van der Waals surface area contributed by atoms with Gasteiger partial charge < -0.3 is 20.7 Å². The minimum Gasteiger partial charge on any atom is -0.504 e. The van der Waals surface area contributed by atoms with Crippen LogP contribution in [0.15, 0.2) is 18.2 Å². The number of rotatable bonds is 3. The minimum absolute atomic E-state index is 0.149. The Morgan fingerprint density at radius 1 is 1.33 bits per heavy atom. The van der Waals surface area contributed by atoms with Crippen LogP contribution in [0.1, 0.15) is 11.1 Å². The second-order valence-corrected chi connectivity index (χ2v) is 2.79. The van der Waals surface area contributed by atoms with Crippen molar-refractivity contribution in [1.29, 1.82) is 5.41 Å². The van der Waals surface area contributed by atoms with E-state index in [2.05, 4.69) is 0 Å². The van der Waals surface area contributed by atoms with E-state index in [1.54, 1.807) is 0 Å². The number of carboxylic acid groups (broad SMARTS) is 1. The number of phenolic OH excluding ortho intramolecular Hbond substituents is 2. The topological polar surface area (TPSA) is 102 Å². The number of nitrogens with one attached hydrogen (secondary N) is 1. The largest absolute Gasteiger partial charge is 0.504 e. The highest BCUT2D eigenvalue weighted by atomic mass is 16.4. The van der Waals surface area contributed by atoms with E-state index in [1.807, 2.05) is 0 Å². The summed E-state index contributed by atoms with van der Waals surface area (Å²) in [6, 6.07) is 2.60. The van der Waals surface area contributed by atoms with Crippen molar-refractivity contribution in [3.05, 3.63) is 29.3 Å². The number of hydrogen-bond acceptors (Lipinski definition) is 4. The normalized spacial score (nSPS) is 10.4. The molecular weight excluding hydrogens is 198 g/mol. The van der Waals surface area contributed by atoms with Crippen LogP contribution in [0.4, 0.5) is 0 Å². The van der Waals surface area contributed by atoms with Gasteiger partial charge in [0.05, 0.1) is 0 Å². The van der Waals surface area contributed by atoms with Crippen molar-refractivity contribution < 1.29 is 20.1 Å². The molecule has 4 N–H and O–H groups in total. The smallest absolute Gasteiger partial charge is 0.328 e. The quantitative estimate of drug-likeness (QED) is 0.339. The van der Waals surface area contributed by atoms with Gasteiger partial charge in [-0.15, -0.1) is 0 Å². The lowest BCUT2D eigenvalue weighted by Crippen LogP contribution is -1.87. The number of hydrogen-bond donors (Lipinski definition) is 4. The summed E-state index contributed by atoms with van der Waals surface area (Å²) in [5, 5.41) is 34.0. The average Bonchev–Trinajstić information content (AvgIpc) is 2.19. The Morgan fingerprint density at radius 2 is 2.00 bits per heavy atom. The molecule has 0 aromatic heterocycles. The summed E-state index contributed by atoms with van der Waals surface area (Å²) in [4.78, 5) is 10.2. The van der Waals surface area contributed by atoms with Crippen molar-refractivity contribution in [3.8, 4) is 11.5 Å². The van der Waals surface area contributed by atoms with Gasteiger partial charge in [0.25, 0.3) is 0 Å². The third-order valence-electron chi connectivity index (χ3n) is 1.71. The van der Waals surface area contributed by atoms with Gasteiger partial charge in [0, 0.05) is 17.9 Å². The molecule has 0 radical (unpaired) electrons. The molecule has 1 aromatic rings. The molecule has 0 aliphatic rings. The van der Waals surface area contributed by atoms with Crippen LogP contribution in [-0.4, -0.2) is 27.5 Å². The summed E-state index contributed by atoms with van der Waals surface area (Å²) in [5.74, 6) is -1.95. The molecule has 0 heterocycles. The Bertz CT molecular complexity index is 437. The first kappa shape index (κ1) is 10.8. The van der Waals surface area contributed by atoms with Crippen LogP contribution in [0.3, 0.4) is 0 Å². The Kier molecular flexibility index (Phi) is 3.07. The number of aliphatic carboxylic acids is 1. The third-order valence-corrected chi connectivity index (χ3v) is 1.71. The van der Waals surface area contributed by atoms with Crippen LogP contribution in [0.5, 0.6) is 11.5 Å². The summed E-state index contributed by atoms with van der Waals surface area (Å²) < 4.78 is 0. The minimum atomic E-state index is -1.16. The lowest BCUT2D eigenvalue weighted by atomic mass is 10.1. The number of carboxylic acids is 1. The molecule has 0 spiro atoms. The average molecular weight is 207 g/mol. The van der Waals surface area contributed by atoms with E-state index in [1.165, 1.54) is 12.1 Å². The molecule has 0 saturated heterocycles. The molecule has 0 aliphatic heterocycles. The Morgan fingerprint density at radius 3 is 2.53 bits per heavy atom. The Labute approximate surface area is 85.4 Å². The maximum Gasteiger partial charge on any atom is 0.328 e. The number of phenols is 2. The molecule has 0 atom stereocenters. The third kappa shape index (κ3) is 2.57. The molecule has 5 heteroatoms. The number of aromatic hydroxyl groups is 2. The zero-order chi connectivity index (χ0) is 11.4. The van der Waals surface area contributed by atoms with Crippen molar-refractivity contribution >= 4 is 18.3 Å². The molecule has 0 unspecified atom stereocenters. The van der Waals surface area contributed by atoms with Crippen LogP contribution < -0.4 is 0 Å². The fourth-order valence-electron chi connectivity index (χ4n) is 1.04. The second-order valence-electron chi connectivity index (χ2n) is 2.79. The Balaban J connectivity index is 3.21. The fourth-order valence-corrected chi connectivity index (χ4v) is 1.04. The first-order valence-corrected chi connectivity index (χ1v) is 4.02.